The Hall–Kier alpha value is -4.28. The number of azo groups is 1. The topological polar surface area (TPSA) is 127 Å². The summed E-state index contributed by atoms with van der Waals surface area (Å²) in [6.07, 6.45) is 6.67. The number of rotatable bonds is 4. The van der Waals surface area contributed by atoms with Crippen molar-refractivity contribution in [1.29, 1.82) is 0 Å². The Morgan fingerprint density at radius 1 is 0.966 bits per heavy atom. The summed E-state index contributed by atoms with van der Waals surface area (Å²) < 4.78 is 3.11. The molecule has 0 atom stereocenters. The van der Waals surface area contributed by atoms with Crippen molar-refractivity contribution in [3.05, 3.63) is 60.6 Å². The largest absolute Gasteiger partial charge is 0.278 e. The van der Waals surface area contributed by atoms with E-state index in [4.69, 9.17) is 0 Å². The minimum atomic E-state index is 0.387. The van der Waals surface area contributed by atoms with Crippen LogP contribution in [0.5, 0.6) is 0 Å². The molecule has 0 radical (unpaired) electrons. The summed E-state index contributed by atoms with van der Waals surface area (Å²) in [5.74, 6) is 1.49. The molecule has 0 saturated carbocycles. The van der Waals surface area contributed by atoms with Crippen LogP contribution in [0.25, 0.3) is 22.9 Å². The Morgan fingerprint density at radius 3 is 2.59 bits per heavy atom. The zero-order chi connectivity index (χ0) is 19.8. The average Bonchev–Trinajstić information content (AvgIpc) is 3.40. The lowest BCUT2D eigenvalue weighted by Crippen LogP contribution is -2.01. The van der Waals surface area contributed by atoms with Gasteiger partial charge in [-0.3, -0.25) is 10.1 Å². The van der Waals surface area contributed by atoms with Gasteiger partial charge in [0.15, 0.2) is 11.5 Å². The van der Waals surface area contributed by atoms with E-state index >= 15 is 0 Å². The first-order valence-electron chi connectivity index (χ1n) is 8.81. The van der Waals surface area contributed by atoms with Crippen molar-refractivity contribution in [3.8, 4) is 17.2 Å². The van der Waals surface area contributed by atoms with Crippen LogP contribution in [-0.4, -0.2) is 44.5 Å². The van der Waals surface area contributed by atoms with Crippen molar-refractivity contribution in [2.24, 2.45) is 10.2 Å². The maximum atomic E-state index is 4.49. The van der Waals surface area contributed by atoms with Crippen LogP contribution < -0.4 is 0 Å². The van der Waals surface area contributed by atoms with Gasteiger partial charge >= 0.3 is 0 Å². The number of fused-ring (bicyclic) bond motifs is 1. The predicted octanol–water partition coefficient (Wildman–Crippen LogP) is 3.13. The van der Waals surface area contributed by atoms with Gasteiger partial charge in [-0.25, -0.2) is 15.0 Å². The molecule has 0 amide bonds. The number of H-pyrrole nitrogens is 1. The summed E-state index contributed by atoms with van der Waals surface area (Å²) in [5.41, 5.74) is 3.43. The van der Waals surface area contributed by atoms with Gasteiger partial charge in [0.05, 0.1) is 23.1 Å². The summed E-state index contributed by atoms with van der Waals surface area (Å²) in [5, 5.41) is 20.7. The summed E-state index contributed by atoms with van der Waals surface area (Å²) in [4.78, 5) is 17.3. The lowest BCUT2D eigenvalue weighted by Gasteiger charge is -2.02. The molecule has 0 unspecified atom stereocenters. The van der Waals surface area contributed by atoms with E-state index < -0.39 is 0 Å². The van der Waals surface area contributed by atoms with Crippen LogP contribution in [0, 0.1) is 13.8 Å². The molecular formula is C18H15N11. The quantitative estimate of drug-likeness (QED) is 0.473. The Kier molecular flexibility index (Phi) is 3.90. The first-order valence-corrected chi connectivity index (χ1v) is 8.81. The van der Waals surface area contributed by atoms with E-state index in [0.717, 1.165) is 11.4 Å². The molecule has 0 fully saturated rings. The van der Waals surface area contributed by atoms with Crippen LogP contribution in [0.1, 0.15) is 11.5 Å². The molecule has 29 heavy (non-hydrogen) atoms. The van der Waals surface area contributed by atoms with Crippen LogP contribution >= 0.6 is 0 Å². The summed E-state index contributed by atoms with van der Waals surface area (Å²) in [7, 11) is 0. The smallest absolute Gasteiger partial charge is 0.252 e. The van der Waals surface area contributed by atoms with E-state index in [1.165, 1.54) is 4.68 Å². The Balaban J connectivity index is 1.67. The molecule has 0 saturated heterocycles. The minimum Gasteiger partial charge on any atom is -0.278 e. The third kappa shape index (κ3) is 2.94. The standard InChI is InChI=1S/C18H15N11/c1-11-15(17-23-12(2)27-29(17)26-11)24-25-16-13(14-6-3-4-7-19-14)10-22-28(16)18-20-8-5-9-21-18/h3-10,26H,1-2H3. The van der Waals surface area contributed by atoms with E-state index in [1.807, 2.05) is 32.0 Å². The zero-order valence-corrected chi connectivity index (χ0v) is 15.6. The number of nitrogens with zero attached hydrogens (tertiary/aromatic N) is 10. The number of aryl methyl sites for hydroxylation is 2. The van der Waals surface area contributed by atoms with E-state index in [0.29, 0.717) is 34.5 Å². The number of aromatic amines is 1. The average molecular weight is 385 g/mol. The van der Waals surface area contributed by atoms with Gasteiger partial charge in [0.25, 0.3) is 5.95 Å². The van der Waals surface area contributed by atoms with Gasteiger partial charge in [0, 0.05) is 18.6 Å². The highest BCUT2D eigenvalue weighted by Crippen LogP contribution is 2.33. The normalized spacial score (nSPS) is 11.7. The maximum absolute atomic E-state index is 4.49. The van der Waals surface area contributed by atoms with E-state index in [2.05, 4.69) is 45.5 Å². The summed E-state index contributed by atoms with van der Waals surface area (Å²) in [6, 6.07) is 7.37. The second-order valence-corrected chi connectivity index (χ2v) is 6.24. The third-order valence-electron chi connectivity index (χ3n) is 4.22. The summed E-state index contributed by atoms with van der Waals surface area (Å²) >= 11 is 0. The van der Waals surface area contributed by atoms with E-state index in [1.54, 1.807) is 35.5 Å². The number of hydrogen-bond acceptors (Lipinski definition) is 8. The molecule has 142 valence electrons. The highest BCUT2D eigenvalue weighted by atomic mass is 15.5. The van der Waals surface area contributed by atoms with Crippen molar-refractivity contribution in [2.75, 3.05) is 0 Å². The minimum absolute atomic E-state index is 0.387. The number of hydrogen-bond donors (Lipinski definition) is 1. The van der Waals surface area contributed by atoms with Crippen LogP contribution in [-0.2, 0) is 0 Å². The van der Waals surface area contributed by atoms with Crippen molar-refractivity contribution in [2.45, 2.75) is 13.8 Å². The number of pyridine rings is 1. The Morgan fingerprint density at radius 2 is 1.79 bits per heavy atom. The molecule has 0 bridgehead atoms. The Labute approximate surface area is 164 Å². The fourth-order valence-corrected chi connectivity index (χ4v) is 2.93. The molecule has 5 heterocycles. The second kappa shape index (κ2) is 6.71. The van der Waals surface area contributed by atoms with Gasteiger partial charge in [0.1, 0.15) is 5.82 Å². The number of nitrogens with one attached hydrogen (secondary N) is 1. The molecule has 5 rings (SSSR count). The predicted molar refractivity (Wildman–Crippen MR) is 103 cm³/mol. The molecule has 0 aliphatic carbocycles. The molecule has 11 nitrogen and oxygen atoms in total. The van der Waals surface area contributed by atoms with Crippen molar-refractivity contribution in [3.63, 3.8) is 0 Å². The third-order valence-corrected chi connectivity index (χ3v) is 4.22. The second-order valence-electron chi connectivity index (χ2n) is 6.24. The van der Waals surface area contributed by atoms with Crippen molar-refractivity contribution < 1.29 is 0 Å². The lowest BCUT2D eigenvalue weighted by molar-refractivity contribution is 0.793. The highest BCUT2D eigenvalue weighted by molar-refractivity contribution is 5.71. The fourth-order valence-electron chi connectivity index (χ4n) is 2.93. The SMILES string of the molecule is Cc1nc2c(N=Nc3c(-c4ccccn4)cnn3-c3ncccn3)c(C)[nH]n2n1. The van der Waals surface area contributed by atoms with Gasteiger partial charge in [-0.2, -0.15) is 14.4 Å². The lowest BCUT2D eigenvalue weighted by atomic mass is 10.2. The van der Waals surface area contributed by atoms with Gasteiger partial charge in [-0.05, 0) is 32.0 Å². The monoisotopic (exact) mass is 385 g/mol. The van der Waals surface area contributed by atoms with E-state index in [9.17, 15) is 0 Å². The first kappa shape index (κ1) is 16.9. The van der Waals surface area contributed by atoms with Gasteiger partial charge in [-0.1, -0.05) is 6.07 Å². The van der Waals surface area contributed by atoms with Crippen molar-refractivity contribution >= 4 is 17.2 Å². The highest BCUT2D eigenvalue weighted by Gasteiger charge is 2.18. The van der Waals surface area contributed by atoms with Gasteiger partial charge in [-0.15, -0.1) is 15.3 Å². The molecule has 0 aliphatic rings. The first-order chi connectivity index (χ1) is 14.2. The van der Waals surface area contributed by atoms with Gasteiger partial charge < -0.3 is 0 Å². The molecule has 0 spiro atoms. The molecule has 1 N–H and O–H groups in total. The molecule has 0 aliphatic heterocycles. The maximum Gasteiger partial charge on any atom is 0.252 e. The molecule has 11 heteroatoms. The van der Waals surface area contributed by atoms with Crippen molar-refractivity contribution in [1.82, 2.24) is 44.5 Å². The van der Waals surface area contributed by atoms with Crippen LogP contribution in [0.15, 0.2) is 59.3 Å². The molecule has 0 aromatic carbocycles. The molecule has 5 aromatic heterocycles. The number of aromatic nitrogens is 9. The molecular weight excluding hydrogens is 370 g/mol. The molecule has 5 aromatic rings. The van der Waals surface area contributed by atoms with Crippen LogP contribution in [0.2, 0.25) is 0 Å². The summed E-state index contributed by atoms with van der Waals surface area (Å²) in [6.45, 7) is 3.70. The Bertz CT molecular complexity index is 1260. The zero-order valence-electron chi connectivity index (χ0n) is 15.6. The van der Waals surface area contributed by atoms with Crippen LogP contribution in [0.4, 0.5) is 11.5 Å². The van der Waals surface area contributed by atoms with Gasteiger partial charge in [0.2, 0.25) is 5.65 Å². The fraction of sp³-hybridized carbons (Fsp3) is 0.111. The van der Waals surface area contributed by atoms with E-state index in [-0.39, 0.29) is 0 Å². The van der Waals surface area contributed by atoms with Crippen LogP contribution in [0.3, 0.4) is 0 Å².